The Morgan fingerprint density at radius 1 is 1.12 bits per heavy atom. The molecule has 5 N–H and O–H groups in total. The Labute approximate surface area is 152 Å². The van der Waals surface area contributed by atoms with E-state index in [0.29, 0.717) is 35.6 Å². The molecule has 3 aromatic rings. The van der Waals surface area contributed by atoms with E-state index in [1.165, 1.54) is 6.20 Å². The average molecular weight is 350 g/mol. The van der Waals surface area contributed by atoms with Crippen LogP contribution in [-0.4, -0.2) is 24.1 Å². The minimum atomic E-state index is -0.411. The lowest BCUT2D eigenvalue weighted by Crippen LogP contribution is -2.13. The van der Waals surface area contributed by atoms with E-state index in [-0.39, 0.29) is 0 Å². The molecule has 1 aromatic heterocycles. The molecule has 0 radical (unpaired) electrons. The van der Waals surface area contributed by atoms with Crippen molar-refractivity contribution >= 4 is 33.9 Å². The van der Waals surface area contributed by atoms with Crippen LogP contribution < -0.4 is 16.8 Å². The predicted octanol–water partition coefficient (Wildman–Crippen LogP) is 3.23. The number of fused-ring (bicyclic) bond motifs is 1. The number of nitrogens with one attached hydrogen (secondary N) is 1. The molecule has 6 nitrogen and oxygen atoms in total. The second-order valence-corrected chi connectivity index (χ2v) is 5.89. The van der Waals surface area contributed by atoms with E-state index >= 15 is 0 Å². The van der Waals surface area contributed by atoms with Gasteiger partial charge in [-0.05, 0) is 31.0 Å². The maximum absolute atomic E-state index is 12.3. The predicted molar refractivity (Wildman–Crippen MR) is 105 cm³/mol. The highest BCUT2D eigenvalue weighted by atomic mass is 16.5. The number of nitrogen functional groups attached to an aromatic ring is 2. The van der Waals surface area contributed by atoms with Gasteiger partial charge < -0.3 is 21.5 Å². The van der Waals surface area contributed by atoms with Gasteiger partial charge in [-0.2, -0.15) is 0 Å². The highest BCUT2D eigenvalue weighted by molar-refractivity contribution is 6.07. The summed E-state index contributed by atoms with van der Waals surface area (Å²) in [4.78, 5) is 16.7. The van der Waals surface area contributed by atoms with Crippen molar-refractivity contribution in [1.29, 1.82) is 0 Å². The first kappa shape index (κ1) is 17.5. The summed E-state index contributed by atoms with van der Waals surface area (Å²) in [6, 6.07) is 13.2. The number of hydrogen-bond donors (Lipinski definition) is 3. The number of pyridine rings is 1. The zero-order valence-electron chi connectivity index (χ0n) is 14.7. The van der Waals surface area contributed by atoms with E-state index in [9.17, 15) is 4.79 Å². The Balaban J connectivity index is 1.93. The number of rotatable bonds is 6. The molecule has 0 aliphatic rings. The highest BCUT2D eigenvalue weighted by Crippen LogP contribution is 2.29. The maximum Gasteiger partial charge on any atom is 0.341 e. The fourth-order valence-electron chi connectivity index (χ4n) is 2.88. The van der Waals surface area contributed by atoms with Gasteiger partial charge in [-0.15, -0.1) is 0 Å². The van der Waals surface area contributed by atoms with E-state index in [4.69, 9.17) is 16.2 Å². The van der Waals surface area contributed by atoms with Gasteiger partial charge >= 0.3 is 5.97 Å². The van der Waals surface area contributed by atoms with Crippen LogP contribution in [-0.2, 0) is 11.2 Å². The summed E-state index contributed by atoms with van der Waals surface area (Å²) >= 11 is 0. The van der Waals surface area contributed by atoms with Gasteiger partial charge in [0.2, 0.25) is 0 Å². The smallest absolute Gasteiger partial charge is 0.341 e. The molecule has 0 aliphatic carbocycles. The second-order valence-electron chi connectivity index (χ2n) is 5.89. The SMILES string of the molecule is CCOC(=O)c1cnc2c(N)cccc2c1NCCc1ccccc1N. The fourth-order valence-corrected chi connectivity index (χ4v) is 2.88. The van der Waals surface area contributed by atoms with Crippen molar-refractivity contribution in [2.24, 2.45) is 0 Å². The summed E-state index contributed by atoms with van der Waals surface area (Å²) < 4.78 is 5.16. The Hall–Kier alpha value is -3.28. The molecule has 0 atom stereocenters. The van der Waals surface area contributed by atoms with Gasteiger partial charge in [0.1, 0.15) is 5.56 Å². The van der Waals surface area contributed by atoms with Crippen LogP contribution >= 0.6 is 0 Å². The molecule has 0 saturated heterocycles. The Morgan fingerprint density at radius 3 is 2.65 bits per heavy atom. The normalized spacial score (nSPS) is 10.7. The Morgan fingerprint density at radius 2 is 1.88 bits per heavy atom. The number of ether oxygens (including phenoxy) is 1. The van der Waals surface area contributed by atoms with Crippen molar-refractivity contribution in [2.45, 2.75) is 13.3 Å². The van der Waals surface area contributed by atoms with Gasteiger partial charge in [0.25, 0.3) is 0 Å². The molecule has 6 heteroatoms. The molecule has 0 saturated carbocycles. The van der Waals surface area contributed by atoms with Crippen LogP contribution in [0.5, 0.6) is 0 Å². The van der Waals surface area contributed by atoms with Gasteiger partial charge in [0.15, 0.2) is 0 Å². The number of aromatic nitrogens is 1. The van der Waals surface area contributed by atoms with Crippen LogP contribution in [0.15, 0.2) is 48.7 Å². The number of hydrogen-bond acceptors (Lipinski definition) is 6. The summed E-state index contributed by atoms with van der Waals surface area (Å²) in [6.45, 7) is 2.68. The van der Waals surface area contributed by atoms with Gasteiger partial charge in [0, 0.05) is 23.8 Å². The molecule has 0 spiro atoms. The van der Waals surface area contributed by atoms with E-state index in [1.54, 1.807) is 13.0 Å². The van der Waals surface area contributed by atoms with Crippen molar-refractivity contribution in [1.82, 2.24) is 4.98 Å². The zero-order valence-corrected chi connectivity index (χ0v) is 14.7. The quantitative estimate of drug-likeness (QED) is 0.466. The minimum absolute atomic E-state index is 0.299. The average Bonchev–Trinajstić information content (AvgIpc) is 2.64. The topological polar surface area (TPSA) is 103 Å². The van der Waals surface area contributed by atoms with Crippen molar-refractivity contribution in [3.05, 3.63) is 59.8 Å². The number of nitrogens with zero attached hydrogens (tertiary/aromatic N) is 1. The van der Waals surface area contributed by atoms with E-state index < -0.39 is 5.97 Å². The number of para-hydroxylation sites is 2. The third kappa shape index (κ3) is 3.54. The molecule has 0 fully saturated rings. The Bertz CT molecular complexity index is 940. The minimum Gasteiger partial charge on any atom is -0.462 e. The molecule has 1 heterocycles. The molecule has 0 bridgehead atoms. The van der Waals surface area contributed by atoms with Crippen LogP contribution in [0.3, 0.4) is 0 Å². The van der Waals surface area contributed by atoms with Crippen molar-refractivity contribution in [3.8, 4) is 0 Å². The number of carbonyl (C=O) groups excluding carboxylic acids is 1. The number of benzene rings is 2. The summed E-state index contributed by atoms with van der Waals surface area (Å²) in [5, 5.41) is 4.14. The zero-order chi connectivity index (χ0) is 18.5. The standard InChI is InChI=1S/C20H22N4O2/c1-2-26-20(25)15-12-24-19-14(7-5-9-17(19)22)18(15)23-11-10-13-6-3-4-8-16(13)21/h3-9,12H,2,10-11,21-22H2,1H3,(H,23,24). The van der Waals surface area contributed by atoms with Gasteiger partial charge in [-0.3, -0.25) is 4.98 Å². The molecule has 0 aliphatic heterocycles. The summed E-state index contributed by atoms with van der Waals surface area (Å²) in [5.41, 5.74) is 16.1. The van der Waals surface area contributed by atoms with Gasteiger partial charge in [0.05, 0.1) is 23.5 Å². The lowest BCUT2D eigenvalue weighted by molar-refractivity contribution is 0.0527. The largest absolute Gasteiger partial charge is 0.462 e. The fraction of sp³-hybridized carbons (Fsp3) is 0.200. The van der Waals surface area contributed by atoms with Crippen LogP contribution in [0, 0.1) is 0 Å². The van der Waals surface area contributed by atoms with Crippen LogP contribution in [0.25, 0.3) is 10.9 Å². The third-order valence-electron chi connectivity index (χ3n) is 4.18. The Kier molecular flexibility index (Phi) is 5.22. The first-order valence-corrected chi connectivity index (χ1v) is 8.53. The van der Waals surface area contributed by atoms with Crippen LogP contribution in [0.1, 0.15) is 22.8 Å². The lowest BCUT2D eigenvalue weighted by atomic mass is 10.1. The van der Waals surface area contributed by atoms with E-state index in [2.05, 4.69) is 10.3 Å². The maximum atomic E-state index is 12.3. The molecule has 134 valence electrons. The lowest BCUT2D eigenvalue weighted by Gasteiger charge is -2.15. The summed E-state index contributed by atoms with van der Waals surface area (Å²) in [6.07, 6.45) is 2.23. The van der Waals surface area contributed by atoms with Crippen molar-refractivity contribution in [3.63, 3.8) is 0 Å². The van der Waals surface area contributed by atoms with Gasteiger partial charge in [-0.25, -0.2) is 4.79 Å². The number of carbonyl (C=O) groups is 1. The molecule has 2 aromatic carbocycles. The monoisotopic (exact) mass is 350 g/mol. The summed E-state index contributed by atoms with van der Waals surface area (Å²) in [7, 11) is 0. The van der Waals surface area contributed by atoms with Crippen molar-refractivity contribution < 1.29 is 9.53 Å². The number of nitrogens with two attached hydrogens (primary N) is 2. The molecular formula is C20H22N4O2. The molecule has 26 heavy (non-hydrogen) atoms. The third-order valence-corrected chi connectivity index (χ3v) is 4.18. The first-order chi connectivity index (χ1) is 12.6. The molecule has 3 rings (SSSR count). The highest BCUT2D eigenvalue weighted by Gasteiger charge is 2.17. The summed E-state index contributed by atoms with van der Waals surface area (Å²) in [5.74, 6) is -0.411. The van der Waals surface area contributed by atoms with E-state index in [1.807, 2.05) is 36.4 Å². The van der Waals surface area contributed by atoms with Crippen LogP contribution in [0.4, 0.5) is 17.1 Å². The molecular weight excluding hydrogens is 328 g/mol. The molecule has 0 unspecified atom stereocenters. The second kappa shape index (κ2) is 7.74. The van der Waals surface area contributed by atoms with Crippen LogP contribution in [0.2, 0.25) is 0 Å². The van der Waals surface area contributed by atoms with Gasteiger partial charge in [-0.1, -0.05) is 30.3 Å². The number of esters is 1. The van der Waals surface area contributed by atoms with Crippen molar-refractivity contribution in [2.75, 3.05) is 29.9 Å². The number of anilines is 3. The van der Waals surface area contributed by atoms with E-state index in [0.717, 1.165) is 23.1 Å². The molecule has 0 amide bonds. The first-order valence-electron chi connectivity index (χ1n) is 8.53.